The van der Waals surface area contributed by atoms with Crippen molar-refractivity contribution in [3.63, 3.8) is 0 Å². The number of hydrogen-bond acceptors (Lipinski definition) is 10. The van der Waals surface area contributed by atoms with E-state index in [0.29, 0.717) is 12.8 Å². The second-order valence-corrected chi connectivity index (χ2v) is 23.7. The Hall–Kier alpha value is -2.90. The Morgan fingerprint density at radius 1 is 0.488 bits per heavy atom. The minimum absolute atomic E-state index is 0.120. The van der Waals surface area contributed by atoms with Gasteiger partial charge in [0.25, 0.3) is 0 Å². The van der Waals surface area contributed by atoms with Crippen LogP contribution in [0.1, 0.15) is 303 Å². The van der Waals surface area contributed by atoms with Crippen LogP contribution in [0.2, 0.25) is 0 Å². The fourth-order valence-corrected chi connectivity index (χ4v) is 10.6. The van der Waals surface area contributed by atoms with Gasteiger partial charge >= 0.3 is 5.97 Å². The summed E-state index contributed by atoms with van der Waals surface area (Å²) in [5.74, 6) is -1.23. The Balaban J connectivity index is 2.55. The van der Waals surface area contributed by atoms with Crippen molar-refractivity contribution < 1.29 is 49.3 Å². The summed E-state index contributed by atoms with van der Waals surface area (Å²) < 4.78 is 17.6. The first-order chi connectivity index (χ1) is 40.2. The molecule has 1 amide bonds. The molecule has 0 saturated carbocycles. The van der Waals surface area contributed by atoms with Crippen LogP contribution >= 0.6 is 0 Å². The molecule has 11 nitrogen and oxygen atoms in total. The summed E-state index contributed by atoms with van der Waals surface area (Å²) >= 11 is 0. The zero-order valence-corrected chi connectivity index (χ0v) is 52.9. The predicted molar refractivity (Wildman–Crippen MR) is 343 cm³/mol. The molecule has 0 aromatic rings. The van der Waals surface area contributed by atoms with Gasteiger partial charge in [-0.3, -0.25) is 9.59 Å². The minimum Gasteiger partial charge on any atom is -0.454 e. The fourth-order valence-electron chi connectivity index (χ4n) is 10.6. The number of hydrogen-bond donors (Lipinski definition) is 6. The lowest BCUT2D eigenvalue weighted by molar-refractivity contribution is -0.305. The number of aliphatic hydroxyl groups excluding tert-OH is 5. The summed E-state index contributed by atoms with van der Waals surface area (Å²) in [5.41, 5.74) is 0. The van der Waals surface area contributed by atoms with Crippen LogP contribution in [-0.4, -0.2) is 99.6 Å². The Morgan fingerprint density at radius 3 is 1.32 bits per heavy atom. The van der Waals surface area contributed by atoms with Crippen molar-refractivity contribution in [3.8, 4) is 0 Å². The highest BCUT2D eigenvalue weighted by Gasteiger charge is 2.47. The van der Waals surface area contributed by atoms with E-state index in [1.165, 1.54) is 193 Å². The number of aliphatic hydroxyl groups is 5. The van der Waals surface area contributed by atoms with E-state index in [0.717, 1.165) is 64.2 Å². The minimum atomic E-state index is -1.62. The summed E-state index contributed by atoms with van der Waals surface area (Å²) in [6.07, 6.45) is 65.4. The molecule has 1 heterocycles. The molecule has 0 aliphatic carbocycles. The quantitative estimate of drug-likeness (QED) is 0.0149. The molecule has 0 aromatic carbocycles. The average Bonchev–Trinajstić information content (AvgIpc) is 3.68. The number of amides is 1. The van der Waals surface area contributed by atoms with E-state index in [1.807, 2.05) is 60.8 Å². The standard InChI is InChI=1S/C71H127NO10/c1-4-7-10-13-16-19-22-25-27-28-29-30-31-32-33-34-35-36-37-38-39-41-44-47-50-53-56-59-66(76)82-69-68(78)67(77)65(60-73)81-71(69)80-61-62(63(74)57-54-51-48-45-42-24-21-18-15-12-9-6-3)72-70(79)64(75)58-55-52-49-46-43-40-26-23-20-17-14-11-8-5-2/h8,11,14,17,20,23,26,40,43,46,54,57,62-65,67-69,71,73-75,77-78H,4-7,9-10,12-13,15-16,18-19,21-22,24-25,27-39,41-42,44-45,47-53,55-56,58-61H2,1-3H3,(H,72,79)/b11-8+,17-14+,23-20-,40-26-,46-43+,57-54+. The maximum Gasteiger partial charge on any atom is 0.306 e. The van der Waals surface area contributed by atoms with Gasteiger partial charge in [0, 0.05) is 6.42 Å². The summed E-state index contributed by atoms with van der Waals surface area (Å²) in [6, 6.07) is -1.05. The van der Waals surface area contributed by atoms with Gasteiger partial charge < -0.3 is 45.1 Å². The highest BCUT2D eigenvalue weighted by Crippen LogP contribution is 2.26. The van der Waals surface area contributed by atoms with Crippen LogP contribution in [0, 0.1) is 0 Å². The van der Waals surface area contributed by atoms with Crippen molar-refractivity contribution in [3.05, 3.63) is 72.9 Å². The average molecular weight is 1150 g/mol. The van der Waals surface area contributed by atoms with Crippen LogP contribution < -0.4 is 5.32 Å². The first-order valence-corrected chi connectivity index (χ1v) is 34.3. The zero-order chi connectivity index (χ0) is 59.6. The van der Waals surface area contributed by atoms with Gasteiger partial charge in [0.1, 0.15) is 24.4 Å². The number of unbranched alkanes of at least 4 members (excludes halogenated alkanes) is 38. The predicted octanol–water partition coefficient (Wildman–Crippen LogP) is 17.1. The number of nitrogens with one attached hydrogen (secondary N) is 1. The Bertz CT molecular complexity index is 1610. The van der Waals surface area contributed by atoms with Crippen molar-refractivity contribution in [1.82, 2.24) is 5.32 Å². The summed E-state index contributed by atoms with van der Waals surface area (Å²) in [4.78, 5) is 26.6. The van der Waals surface area contributed by atoms with Crippen LogP contribution in [0.15, 0.2) is 72.9 Å². The molecule has 0 spiro atoms. The lowest BCUT2D eigenvalue weighted by Gasteiger charge is -2.41. The fraction of sp³-hybridized carbons (Fsp3) is 0.803. The van der Waals surface area contributed by atoms with Crippen molar-refractivity contribution in [2.45, 2.75) is 352 Å². The molecular weight excluding hydrogens is 1030 g/mol. The van der Waals surface area contributed by atoms with Gasteiger partial charge in [-0.05, 0) is 44.9 Å². The van der Waals surface area contributed by atoms with Crippen molar-refractivity contribution in [2.24, 2.45) is 0 Å². The van der Waals surface area contributed by atoms with E-state index >= 15 is 0 Å². The maximum absolute atomic E-state index is 13.4. The lowest BCUT2D eigenvalue weighted by atomic mass is 9.99. The summed E-state index contributed by atoms with van der Waals surface area (Å²) in [6.45, 7) is 5.64. The van der Waals surface area contributed by atoms with Gasteiger partial charge in [-0.15, -0.1) is 0 Å². The molecule has 476 valence electrons. The molecule has 1 saturated heterocycles. The molecule has 8 unspecified atom stereocenters. The van der Waals surface area contributed by atoms with E-state index in [1.54, 1.807) is 6.08 Å². The van der Waals surface area contributed by atoms with Crippen LogP contribution in [0.25, 0.3) is 0 Å². The molecule has 0 aromatic heterocycles. The Morgan fingerprint density at radius 2 is 0.878 bits per heavy atom. The topological polar surface area (TPSA) is 175 Å². The Kier molecular flexibility index (Phi) is 55.0. The van der Waals surface area contributed by atoms with Gasteiger partial charge in [0.05, 0.1) is 25.4 Å². The van der Waals surface area contributed by atoms with Crippen LogP contribution in [-0.2, 0) is 23.8 Å². The number of rotatable bonds is 58. The normalized spacial score (nSPS) is 19.0. The molecule has 8 atom stereocenters. The third-order valence-corrected chi connectivity index (χ3v) is 16.0. The van der Waals surface area contributed by atoms with Gasteiger partial charge in [0.15, 0.2) is 12.4 Å². The van der Waals surface area contributed by atoms with Crippen LogP contribution in [0.4, 0.5) is 0 Å². The van der Waals surface area contributed by atoms with E-state index in [-0.39, 0.29) is 19.4 Å². The second-order valence-electron chi connectivity index (χ2n) is 23.7. The third-order valence-electron chi connectivity index (χ3n) is 16.0. The molecule has 11 heteroatoms. The van der Waals surface area contributed by atoms with Gasteiger partial charge in [-0.2, -0.15) is 0 Å². The molecular formula is C71H127NO10. The third kappa shape index (κ3) is 45.5. The number of carbonyl (C=O) groups excluding carboxylic acids is 2. The molecule has 0 bridgehead atoms. The monoisotopic (exact) mass is 1150 g/mol. The second kappa shape index (κ2) is 58.5. The first-order valence-electron chi connectivity index (χ1n) is 34.3. The SMILES string of the molecule is CC/C=C/C=C/C=C\C=C/C=C/CCCCC(O)C(=O)NC(COC1OC(CO)C(O)C(O)C1OC(=O)CCCCCCCCCCCCCCCCCCCCCCCCCCCCC)C(O)/C=C/CCCCCCCCCCCC. The summed E-state index contributed by atoms with van der Waals surface area (Å²) in [7, 11) is 0. The van der Waals surface area contributed by atoms with E-state index in [4.69, 9.17) is 14.2 Å². The van der Waals surface area contributed by atoms with Crippen LogP contribution in [0.3, 0.4) is 0 Å². The number of allylic oxidation sites excluding steroid dienone is 11. The highest BCUT2D eigenvalue weighted by molar-refractivity contribution is 5.80. The zero-order valence-electron chi connectivity index (χ0n) is 52.9. The number of esters is 1. The van der Waals surface area contributed by atoms with Gasteiger partial charge in [0.2, 0.25) is 5.91 Å². The van der Waals surface area contributed by atoms with Crippen molar-refractivity contribution >= 4 is 11.9 Å². The summed E-state index contributed by atoms with van der Waals surface area (Å²) in [5, 5.41) is 57.0. The molecule has 6 N–H and O–H groups in total. The van der Waals surface area contributed by atoms with E-state index in [2.05, 4.69) is 32.2 Å². The largest absolute Gasteiger partial charge is 0.454 e. The molecule has 1 aliphatic rings. The first kappa shape index (κ1) is 77.1. The van der Waals surface area contributed by atoms with Gasteiger partial charge in [-0.1, -0.05) is 325 Å². The van der Waals surface area contributed by atoms with Crippen LogP contribution in [0.5, 0.6) is 0 Å². The maximum atomic E-state index is 13.4. The lowest BCUT2D eigenvalue weighted by Crippen LogP contribution is -2.61. The number of ether oxygens (including phenoxy) is 3. The van der Waals surface area contributed by atoms with Gasteiger partial charge in [-0.25, -0.2) is 0 Å². The molecule has 1 fully saturated rings. The molecule has 0 radical (unpaired) electrons. The Labute approximate surface area is 502 Å². The molecule has 1 rings (SSSR count). The van der Waals surface area contributed by atoms with E-state index < -0.39 is 67.4 Å². The molecule has 1 aliphatic heterocycles. The molecule has 82 heavy (non-hydrogen) atoms. The van der Waals surface area contributed by atoms with Crippen molar-refractivity contribution in [1.29, 1.82) is 0 Å². The smallest absolute Gasteiger partial charge is 0.306 e. The van der Waals surface area contributed by atoms with Crippen molar-refractivity contribution in [2.75, 3.05) is 13.2 Å². The number of carbonyl (C=O) groups is 2. The highest BCUT2D eigenvalue weighted by atomic mass is 16.7. The van der Waals surface area contributed by atoms with E-state index in [9.17, 15) is 35.1 Å².